The van der Waals surface area contributed by atoms with Gasteiger partial charge in [-0.15, -0.1) is 10.2 Å². The molecule has 5 aromatic rings. The summed E-state index contributed by atoms with van der Waals surface area (Å²) in [5, 5.41) is 16.8. The van der Waals surface area contributed by atoms with Crippen LogP contribution >= 0.6 is 0 Å². The number of aromatic nitrogens is 7. The third kappa shape index (κ3) is 12.1. The van der Waals surface area contributed by atoms with Gasteiger partial charge in [0.25, 0.3) is 0 Å². The van der Waals surface area contributed by atoms with Crippen LogP contribution in [0.1, 0.15) is 0 Å². The fraction of sp³-hybridized carbons (Fsp3) is 0. The molecule has 0 spiro atoms. The predicted octanol–water partition coefficient (Wildman–Crippen LogP) is -0.298. The zero-order valence-electron chi connectivity index (χ0n) is 19.1. The van der Waals surface area contributed by atoms with E-state index in [2.05, 4.69) is 20.6 Å². The minimum Gasteiger partial charge on any atom is -0.457 e. The molecule has 0 fully saturated rings. The zero-order chi connectivity index (χ0) is 24.9. The van der Waals surface area contributed by atoms with Crippen LogP contribution < -0.4 is 19.5 Å². The van der Waals surface area contributed by atoms with E-state index in [-0.39, 0.29) is 39.0 Å². The minimum absolute atomic E-state index is 0. The van der Waals surface area contributed by atoms with Crippen molar-refractivity contribution in [3.05, 3.63) is 67.0 Å². The van der Waals surface area contributed by atoms with Gasteiger partial charge >= 0.3 is 31.6 Å². The van der Waals surface area contributed by atoms with E-state index in [4.69, 9.17) is 4.98 Å². The first-order chi connectivity index (χ1) is 15.9. The van der Waals surface area contributed by atoms with Gasteiger partial charge in [0, 0.05) is 0 Å². The maximum absolute atomic E-state index is 9.75. The zero-order valence-corrected chi connectivity index (χ0v) is 20.1. The minimum atomic E-state index is -6.00. The summed E-state index contributed by atoms with van der Waals surface area (Å²) in [6, 6.07) is 17.5. The van der Waals surface area contributed by atoms with Gasteiger partial charge in [-0.05, 0) is 36.4 Å². The Kier molecular flexibility index (Phi) is 16.7. The number of fused-ring (bicyclic) bond motifs is 2. The van der Waals surface area contributed by atoms with Crippen molar-refractivity contribution >= 4 is 25.5 Å². The van der Waals surface area contributed by atoms with Gasteiger partial charge < -0.3 is 56.4 Å². The van der Waals surface area contributed by atoms with Crippen LogP contribution in [-0.4, -0.2) is 40.6 Å². The first-order valence-electron chi connectivity index (χ1n) is 9.23. The molecule has 0 aromatic carbocycles. The molecule has 0 saturated carbocycles. The van der Waals surface area contributed by atoms with Crippen LogP contribution in [0.4, 0.5) is 34.5 Å². The average molecular weight is 625 g/mol. The fourth-order valence-electron chi connectivity index (χ4n) is 2.75. The summed E-state index contributed by atoms with van der Waals surface area (Å²) >= 11 is 0. The molecule has 22 heteroatoms. The molecule has 5 heterocycles. The normalized spacial score (nSPS) is 10.1. The Labute approximate surface area is 223 Å². The van der Waals surface area contributed by atoms with Crippen LogP contribution in [-0.2, 0) is 28.0 Å². The molecule has 0 aliphatic heterocycles. The third-order valence-electron chi connectivity index (χ3n) is 3.88. The van der Waals surface area contributed by atoms with Crippen molar-refractivity contribution in [1.82, 2.24) is 25.6 Å². The molecule has 0 aliphatic carbocycles. The molecule has 0 aliphatic rings. The van der Waals surface area contributed by atoms with E-state index in [1.807, 2.05) is 67.0 Å². The summed E-state index contributed by atoms with van der Waals surface area (Å²) in [6.45, 7) is 0. The van der Waals surface area contributed by atoms with Crippen molar-refractivity contribution < 1.29 is 82.5 Å². The summed E-state index contributed by atoms with van der Waals surface area (Å²) in [5.41, 5.74) is 4.82. The Hall–Kier alpha value is -3.68. The monoisotopic (exact) mass is 624 g/mol. The van der Waals surface area contributed by atoms with Gasteiger partial charge in [-0.3, -0.25) is 19.5 Å². The van der Waals surface area contributed by atoms with Crippen molar-refractivity contribution in [2.24, 2.45) is 0 Å². The van der Waals surface area contributed by atoms with Crippen molar-refractivity contribution in [2.45, 2.75) is 0 Å². The van der Waals surface area contributed by atoms with Crippen molar-refractivity contribution in [1.29, 1.82) is 0 Å². The molecule has 5 aromatic heterocycles. The van der Waals surface area contributed by atoms with Crippen LogP contribution in [0.3, 0.4) is 0 Å². The van der Waals surface area contributed by atoms with Gasteiger partial charge in [0.1, 0.15) is 11.4 Å². The molecule has 11 nitrogen and oxygen atoms in total. The molecular formula is C17H21B2CuF8N7O4+2. The quantitative estimate of drug-likeness (QED) is 0.112. The second kappa shape index (κ2) is 16.3. The second-order valence-electron chi connectivity index (χ2n) is 6.33. The van der Waals surface area contributed by atoms with E-state index in [9.17, 15) is 34.5 Å². The second-order valence-corrected chi connectivity index (χ2v) is 6.33. The molecule has 0 atom stereocenters. The van der Waals surface area contributed by atoms with E-state index in [1.54, 1.807) is 9.03 Å². The SMILES string of the molecule is F[B-](F)(F)F.F[B-](F)(F)F.O.O.[Cu+2].[OH3+].[OH3+].c1cc(-c2n[n-][n+]3ccccc23)nc(-c2n[n-][n+]3ccccc23)c1. The Morgan fingerprint density at radius 3 is 1.23 bits per heavy atom. The first kappa shape index (κ1) is 39.8. The molecule has 39 heavy (non-hydrogen) atoms. The molecule has 0 saturated heterocycles. The number of rotatable bonds is 2. The van der Waals surface area contributed by atoms with Gasteiger partial charge in [0.05, 0.1) is 12.4 Å². The number of halogens is 8. The molecule has 219 valence electrons. The summed E-state index contributed by atoms with van der Waals surface area (Å²) < 4.78 is 81.5. The summed E-state index contributed by atoms with van der Waals surface area (Å²) in [7, 11) is -12.0. The number of hydrogen-bond acceptors (Lipinski definition) is 3. The maximum Gasteiger partial charge on any atom is 2.00 e. The molecule has 1 radical (unpaired) electrons. The van der Waals surface area contributed by atoms with Crippen LogP contribution in [0.2, 0.25) is 0 Å². The number of pyridine rings is 3. The van der Waals surface area contributed by atoms with Crippen LogP contribution in [0.25, 0.3) is 33.8 Å². The van der Waals surface area contributed by atoms with Crippen molar-refractivity contribution in [2.75, 3.05) is 0 Å². The Morgan fingerprint density at radius 2 is 0.897 bits per heavy atom. The molecule has 0 amide bonds. The third-order valence-corrected chi connectivity index (χ3v) is 3.88. The number of nitrogens with zero attached hydrogens (tertiary/aromatic N) is 7. The van der Waals surface area contributed by atoms with Crippen LogP contribution in [0, 0.1) is 0 Å². The predicted molar refractivity (Wildman–Crippen MR) is 121 cm³/mol. The smallest absolute Gasteiger partial charge is 0.457 e. The van der Waals surface area contributed by atoms with E-state index in [1.165, 1.54) is 0 Å². The summed E-state index contributed by atoms with van der Waals surface area (Å²) in [5.74, 6) is 0. The first-order valence-corrected chi connectivity index (χ1v) is 9.23. The van der Waals surface area contributed by atoms with E-state index >= 15 is 0 Å². The topological polar surface area (TPSA) is 204 Å². The fourth-order valence-corrected chi connectivity index (χ4v) is 2.75. The molecular weight excluding hydrogens is 603 g/mol. The van der Waals surface area contributed by atoms with Gasteiger partial charge in [0.2, 0.25) is 11.4 Å². The van der Waals surface area contributed by atoms with E-state index in [0.29, 0.717) is 0 Å². The largest absolute Gasteiger partial charge is 2.00 e. The maximum atomic E-state index is 9.75. The van der Waals surface area contributed by atoms with Gasteiger partial charge in [0.15, 0.2) is 11.0 Å². The van der Waals surface area contributed by atoms with Crippen molar-refractivity contribution in [3.63, 3.8) is 0 Å². The van der Waals surface area contributed by atoms with Gasteiger partial charge in [-0.25, -0.2) is 4.98 Å². The van der Waals surface area contributed by atoms with Gasteiger partial charge in [-0.1, -0.05) is 18.2 Å². The van der Waals surface area contributed by atoms with Gasteiger partial charge in [-0.2, -0.15) is 0 Å². The Bertz CT molecular complexity index is 1300. The Morgan fingerprint density at radius 1 is 0.564 bits per heavy atom. The summed E-state index contributed by atoms with van der Waals surface area (Å²) in [6.07, 6.45) is 3.73. The molecule has 5 rings (SSSR count). The number of hydrogen-bond donors (Lipinski definition) is 0. The molecule has 0 unspecified atom stereocenters. The average Bonchev–Trinajstić information content (AvgIpc) is 3.36. The van der Waals surface area contributed by atoms with Crippen molar-refractivity contribution in [3.8, 4) is 22.8 Å². The van der Waals surface area contributed by atoms with Crippen LogP contribution in [0.15, 0.2) is 67.0 Å². The molecule has 0 bridgehead atoms. The van der Waals surface area contributed by atoms with E-state index in [0.717, 1.165) is 33.8 Å². The Balaban J connectivity index is -0.000000757. The molecule has 10 N–H and O–H groups in total. The summed E-state index contributed by atoms with van der Waals surface area (Å²) in [4.78, 5) is 4.73. The van der Waals surface area contributed by atoms with E-state index < -0.39 is 14.5 Å². The van der Waals surface area contributed by atoms with Crippen LogP contribution in [0.5, 0.6) is 0 Å². The standard InChI is InChI=1S/C17H11N7.2BF4.Cu.4H2O/c1-3-10-23-14(8-1)16(19-21-23)12-6-5-7-13(18-12)17-15-9-2-4-11-24(15)22-20-17;2*2-1(3,4)5;;;;;/h1-11H;;;;4*1H2/q;2*-1;+2;;;;/p+2.